The summed E-state index contributed by atoms with van der Waals surface area (Å²) in [6.45, 7) is -0.717. The molecular weight excluding hydrogens is 200 g/mol. The first-order valence-corrected chi connectivity index (χ1v) is 4.98. The van der Waals surface area contributed by atoms with Crippen molar-refractivity contribution in [2.75, 3.05) is 13.1 Å². The minimum atomic E-state index is -2.74. The molecule has 1 aromatic rings. The number of nitrogens with one attached hydrogen (secondary N) is 1. The lowest BCUT2D eigenvalue weighted by Crippen LogP contribution is -2.43. The summed E-state index contributed by atoms with van der Waals surface area (Å²) in [7, 11) is 0. The molecule has 15 heavy (non-hydrogen) atoms. The van der Waals surface area contributed by atoms with Crippen molar-refractivity contribution in [3.05, 3.63) is 29.8 Å². The van der Waals surface area contributed by atoms with Gasteiger partial charge in [0, 0.05) is 0 Å². The molecule has 2 nitrogen and oxygen atoms in total. The number of hydrogen-bond acceptors (Lipinski definition) is 2. The first-order valence-electron chi connectivity index (χ1n) is 4.98. The molecule has 0 bridgehead atoms. The highest BCUT2D eigenvalue weighted by molar-refractivity contribution is 5.29. The quantitative estimate of drug-likeness (QED) is 0.826. The fraction of sp³-hybridized carbons (Fsp3) is 0.455. The molecule has 0 amide bonds. The van der Waals surface area contributed by atoms with Gasteiger partial charge in [-0.05, 0) is 43.1 Å². The Bertz CT molecular complexity index is 326. The molecule has 1 heterocycles. The van der Waals surface area contributed by atoms with E-state index in [9.17, 15) is 8.78 Å². The van der Waals surface area contributed by atoms with Crippen molar-refractivity contribution < 1.29 is 13.5 Å². The number of hydrogen-bond donors (Lipinski definition) is 1. The van der Waals surface area contributed by atoms with Crippen LogP contribution in [0.25, 0.3) is 0 Å². The predicted octanol–water partition coefficient (Wildman–Crippen LogP) is 2.05. The van der Waals surface area contributed by atoms with Gasteiger partial charge in [-0.2, -0.15) is 8.78 Å². The van der Waals surface area contributed by atoms with Gasteiger partial charge in [-0.3, -0.25) is 0 Å². The topological polar surface area (TPSA) is 21.3 Å². The lowest BCUT2D eigenvalue weighted by atomic mass is 9.94. The molecule has 1 aliphatic rings. The number of alkyl halides is 2. The fourth-order valence-corrected chi connectivity index (χ4v) is 1.67. The van der Waals surface area contributed by atoms with Crippen molar-refractivity contribution in [3.63, 3.8) is 0 Å². The molecule has 1 aliphatic heterocycles. The SMILES string of the molecule is FC(F)Oc1cccc(CC2CNC2)c1. The normalized spacial score (nSPS) is 16.5. The second kappa shape index (κ2) is 4.57. The molecule has 0 saturated carbocycles. The van der Waals surface area contributed by atoms with E-state index >= 15 is 0 Å². The van der Waals surface area contributed by atoms with E-state index in [1.807, 2.05) is 6.07 Å². The molecule has 0 radical (unpaired) electrons. The molecule has 1 aromatic carbocycles. The van der Waals surface area contributed by atoms with E-state index in [1.54, 1.807) is 18.2 Å². The Hall–Kier alpha value is -1.16. The van der Waals surface area contributed by atoms with Crippen LogP contribution in [0.3, 0.4) is 0 Å². The Balaban J connectivity index is 1.98. The van der Waals surface area contributed by atoms with E-state index in [2.05, 4.69) is 10.1 Å². The van der Waals surface area contributed by atoms with Crippen LogP contribution >= 0.6 is 0 Å². The zero-order valence-electron chi connectivity index (χ0n) is 8.25. The van der Waals surface area contributed by atoms with Crippen molar-refractivity contribution in [1.82, 2.24) is 5.32 Å². The first kappa shape index (κ1) is 10.4. The van der Waals surface area contributed by atoms with Crippen LogP contribution < -0.4 is 10.1 Å². The molecule has 0 spiro atoms. The van der Waals surface area contributed by atoms with Gasteiger partial charge in [0.2, 0.25) is 0 Å². The molecule has 82 valence electrons. The van der Waals surface area contributed by atoms with E-state index in [1.165, 1.54) is 0 Å². The summed E-state index contributed by atoms with van der Waals surface area (Å²) in [6.07, 6.45) is 0.924. The van der Waals surface area contributed by atoms with Crippen LogP contribution in [-0.2, 0) is 6.42 Å². The van der Waals surface area contributed by atoms with E-state index < -0.39 is 6.61 Å². The smallest absolute Gasteiger partial charge is 0.387 e. The van der Waals surface area contributed by atoms with Crippen LogP contribution in [0.4, 0.5) is 8.78 Å². The zero-order chi connectivity index (χ0) is 10.7. The van der Waals surface area contributed by atoms with Gasteiger partial charge >= 0.3 is 6.61 Å². The van der Waals surface area contributed by atoms with Crippen LogP contribution in [0.5, 0.6) is 5.75 Å². The Morgan fingerprint density at radius 2 is 2.20 bits per heavy atom. The molecule has 4 heteroatoms. The third-order valence-electron chi connectivity index (χ3n) is 2.51. The second-order valence-electron chi connectivity index (χ2n) is 3.75. The summed E-state index contributed by atoms with van der Waals surface area (Å²) in [6, 6.07) is 6.93. The maximum Gasteiger partial charge on any atom is 0.387 e. The van der Waals surface area contributed by atoms with Gasteiger partial charge in [-0.1, -0.05) is 12.1 Å². The van der Waals surface area contributed by atoms with Crippen LogP contribution in [0.15, 0.2) is 24.3 Å². The largest absolute Gasteiger partial charge is 0.435 e. The maximum absolute atomic E-state index is 12.0. The Morgan fingerprint density at radius 1 is 1.40 bits per heavy atom. The number of halogens is 2. The highest BCUT2D eigenvalue weighted by Crippen LogP contribution is 2.19. The molecule has 0 unspecified atom stereocenters. The lowest BCUT2D eigenvalue weighted by molar-refractivity contribution is -0.0498. The van der Waals surface area contributed by atoms with E-state index in [-0.39, 0.29) is 5.75 Å². The average molecular weight is 213 g/mol. The van der Waals surface area contributed by atoms with E-state index in [4.69, 9.17) is 0 Å². The lowest BCUT2D eigenvalue weighted by Gasteiger charge is -2.27. The molecule has 2 rings (SSSR count). The van der Waals surface area contributed by atoms with E-state index in [0.29, 0.717) is 5.92 Å². The zero-order valence-corrected chi connectivity index (χ0v) is 8.25. The van der Waals surface area contributed by atoms with Crippen LogP contribution in [0.2, 0.25) is 0 Å². The van der Waals surface area contributed by atoms with Gasteiger partial charge in [0.25, 0.3) is 0 Å². The van der Waals surface area contributed by atoms with Crippen LogP contribution in [0, 0.1) is 5.92 Å². The van der Waals surface area contributed by atoms with Gasteiger partial charge < -0.3 is 10.1 Å². The number of ether oxygens (including phenoxy) is 1. The summed E-state index contributed by atoms with van der Waals surface area (Å²) in [5.74, 6) is 0.876. The molecule has 1 saturated heterocycles. The highest BCUT2D eigenvalue weighted by atomic mass is 19.3. The molecule has 1 N–H and O–H groups in total. The summed E-state index contributed by atoms with van der Waals surface area (Å²) >= 11 is 0. The summed E-state index contributed by atoms with van der Waals surface area (Å²) in [4.78, 5) is 0. The van der Waals surface area contributed by atoms with Crippen LogP contribution in [0.1, 0.15) is 5.56 Å². The van der Waals surface area contributed by atoms with Gasteiger partial charge in [-0.15, -0.1) is 0 Å². The van der Waals surface area contributed by atoms with Crippen molar-refractivity contribution in [2.24, 2.45) is 5.92 Å². The van der Waals surface area contributed by atoms with Gasteiger partial charge in [0.15, 0.2) is 0 Å². The standard InChI is InChI=1S/C11H13F2NO/c12-11(13)15-10-3-1-2-8(5-10)4-9-6-14-7-9/h1-3,5,9,11,14H,4,6-7H2. The monoisotopic (exact) mass is 213 g/mol. The minimum absolute atomic E-state index is 0.245. The Morgan fingerprint density at radius 3 is 2.80 bits per heavy atom. The second-order valence-corrected chi connectivity index (χ2v) is 3.75. The van der Waals surface area contributed by atoms with Gasteiger partial charge in [-0.25, -0.2) is 0 Å². The fourth-order valence-electron chi connectivity index (χ4n) is 1.67. The van der Waals surface area contributed by atoms with Crippen molar-refractivity contribution >= 4 is 0 Å². The average Bonchev–Trinajstić information content (AvgIpc) is 2.11. The Kier molecular flexibility index (Phi) is 3.16. The van der Waals surface area contributed by atoms with E-state index in [0.717, 1.165) is 25.1 Å². The third kappa shape index (κ3) is 2.89. The molecular formula is C11H13F2NO. The minimum Gasteiger partial charge on any atom is -0.435 e. The first-order chi connectivity index (χ1) is 7.24. The van der Waals surface area contributed by atoms with Crippen molar-refractivity contribution in [1.29, 1.82) is 0 Å². The molecule has 0 aromatic heterocycles. The summed E-state index contributed by atoms with van der Waals surface area (Å²) in [5, 5.41) is 3.18. The maximum atomic E-state index is 12.0. The predicted molar refractivity (Wildman–Crippen MR) is 53.1 cm³/mol. The molecule has 0 aliphatic carbocycles. The molecule has 0 atom stereocenters. The summed E-state index contributed by atoms with van der Waals surface area (Å²) < 4.78 is 28.3. The van der Waals surface area contributed by atoms with Crippen molar-refractivity contribution in [2.45, 2.75) is 13.0 Å². The highest BCUT2D eigenvalue weighted by Gasteiger charge is 2.17. The van der Waals surface area contributed by atoms with Crippen LogP contribution in [-0.4, -0.2) is 19.7 Å². The van der Waals surface area contributed by atoms with Gasteiger partial charge in [0.05, 0.1) is 0 Å². The number of rotatable bonds is 4. The molecule has 1 fully saturated rings. The summed E-state index contributed by atoms with van der Waals surface area (Å²) in [5.41, 5.74) is 1.06. The third-order valence-corrected chi connectivity index (χ3v) is 2.51. The van der Waals surface area contributed by atoms with Crippen molar-refractivity contribution in [3.8, 4) is 5.75 Å². The Labute approximate surface area is 87.2 Å². The van der Waals surface area contributed by atoms with Gasteiger partial charge in [0.1, 0.15) is 5.75 Å². The number of benzene rings is 1.